The first-order valence-electron chi connectivity index (χ1n) is 18.6. The standard InChI is InChI=1S/C48H40NSSi2/c1-51-44-20-8-6-17-39(44)35-14-10-16-37(29-35)49(36-15-9-13-33(28-36)34-22-21-31-11-3-4-12-32(31)27-34)38-23-24-42-46(30-38)52(2)45-26-25-41-40-18-5-7-19-43(40)50-48(41)47(42)45/h3-20,22-29,31,38,40,43H,21,30H2,1-2H3. The van der Waals surface area contributed by atoms with Crippen LogP contribution in [0.15, 0.2) is 174 Å². The van der Waals surface area contributed by atoms with Crippen molar-refractivity contribution in [1.29, 1.82) is 0 Å². The van der Waals surface area contributed by atoms with E-state index in [0.29, 0.717) is 17.1 Å². The Balaban J connectivity index is 1.06. The second-order valence-electron chi connectivity index (χ2n) is 14.6. The van der Waals surface area contributed by atoms with Gasteiger partial charge in [0.15, 0.2) is 0 Å². The van der Waals surface area contributed by atoms with Crippen LogP contribution in [0, 0.1) is 5.92 Å². The molecule has 4 aliphatic carbocycles. The van der Waals surface area contributed by atoms with E-state index in [2.05, 4.69) is 188 Å². The lowest BCUT2D eigenvalue weighted by atomic mass is 9.84. The second kappa shape index (κ2) is 13.1. The Morgan fingerprint density at radius 3 is 2.48 bits per heavy atom. The molecule has 4 aromatic carbocycles. The highest BCUT2D eigenvalue weighted by Crippen LogP contribution is 2.53. The summed E-state index contributed by atoms with van der Waals surface area (Å²) in [6, 6.07) is 32.7. The van der Waals surface area contributed by atoms with Crippen LogP contribution in [0.1, 0.15) is 35.4 Å². The van der Waals surface area contributed by atoms with Gasteiger partial charge in [0.1, 0.15) is 8.80 Å². The van der Waals surface area contributed by atoms with Crippen molar-refractivity contribution in [3.8, 4) is 11.1 Å². The topological polar surface area (TPSA) is 3.24 Å². The van der Waals surface area contributed by atoms with E-state index >= 15 is 0 Å². The first-order valence-corrected chi connectivity index (χ1v) is 23.0. The molecule has 1 nitrogen and oxygen atoms in total. The maximum atomic E-state index is 2.63. The van der Waals surface area contributed by atoms with Crippen LogP contribution in [0.2, 0.25) is 13.1 Å². The van der Waals surface area contributed by atoms with Gasteiger partial charge in [-0.05, 0) is 86.8 Å². The van der Waals surface area contributed by atoms with Gasteiger partial charge in [0.05, 0.1) is 15.6 Å². The first kappa shape index (κ1) is 32.1. The molecule has 0 N–H and O–H groups in total. The number of fused-ring (bicyclic) bond motifs is 7. The summed E-state index contributed by atoms with van der Waals surface area (Å²) in [5, 5.41) is 5.22. The fourth-order valence-electron chi connectivity index (χ4n) is 9.11. The SMILES string of the molecule is C[Si]c1ccccc1-c1cccc(N(c2cccc(C3=CCC4C=CC=CC4=C3)c2)C2C=CC3=C(C2)[Si](C)c2ccc4c(c23)SC2C=CC=CC42)c1. The highest BCUT2D eigenvalue weighted by atomic mass is 32.2. The van der Waals surface area contributed by atoms with Gasteiger partial charge in [-0.15, -0.1) is 11.8 Å². The van der Waals surface area contributed by atoms with Crippen molar-refractivity contribution in [2.45, 2.75) is 48.0 Å². The predicted molar refractivity (Wildman–Crippen MR) is 227 cm³/mol. The van der Waals surface area contributed by atoms with Crippen molar-refractivity contribution in [3.05, 3.63) is 185 Å². The third kappa shape index (κ3) is 5.34. The minimum absolute atomic E-state index is 0.213. The molecule has 251 valence electrons. The quantitative estimate of drug-likeness (QED) is 0.183. The molecule has 0 aromatic heterocycles. The fraction of sp³-hybridized carbons (Fsp3) is 0.167. The number of anilines is 2. The van der Waals surface area contributed by atoms with Crippen molar-refractivity contribution in [2.24, 2.45) is 5.92 Å². The predicted octanol–water partition coefficient (Wildman–Crippen LogP) is 10.7. The fourth-order valence-corrected chi connectivity index (χ4v) is 13.9. The lowest BCUT2D eigenvalue weighted by molar-refractivity contribution is 0.777. The molecule has 4 unspecified atom stereocenters. The first-order chi connectivity index (χ1) is 25.6. The van der Waals surface area contributed by atoms with Gasteiger partial charge in [0, 0.05) is 33.4 Å². The van der Waals surface area contributed by atoms with Crippen molar-refractivity contribution in [2.75, 3.05) is 4.90 Å². The molecule has 4 atom stereocenters. The average molecular weight is 719 g/mol. The van der Waals surface area contributed by atoms with E-state index < -0.39 is 8.80 Å². The van der Waals surface area contributed by atoms with E-state index in [4.69, 9.17) is 0 Å². The van der Waals surface area contributed by atoms with Crippen molar-refractivity contribution >= 4 is 63.0 Å². The third-order valence-electron chi connectivity index (χ3n) is 11.7. The zero-order chi connectivity index (χ0) is 34.8. The van der Waals surface area contributed by atoms with Crippen molar-refractivity contribution in [3.63, 3.8) is 0 Å². The number of benzene rings is 4. The lowest BCUT2D eigenvalue weighted by Gasteiger charge is -2.35. The molecule has 0 spiro atoms. The summed E-state index contributed by atoms with van der Waals surface area (Å²) in [6.45, 7) is 4.83. The maximum absolute atomic E-state index is 2.63. The number of nitrogens with zero attached hydrogens (tertiary/aromatic N) is 1. The van der Waals surface area contributed by atoms with E-state index in [1.54, 1.807) is 15.9 Å². The summed E-state index contributed by atoms with van der Waals surface area (Å²) >= 11 is 2.09. The average Bonchev–Trinajstić information content (AvgIpc) is 3.72. The monoisotopic (exact) mass is 718 g/mol. The van der Waals surface area contributed by atoms with Crippen LogP contribution in [-0.4, -0.2) is 29.6 Å². The Hall–Kier alpha value is -4.62. The van der Waals surface area contributed by atoms with E-state index in [9.17, 15) is 0 Å². The normalized spacial score (nSPS) is 23.5. The van der Waals surface area contributed by atoms with E-state index in [0.717, 1.165) is 22.4 Å². The minimum Gasteiger partial charge on any atom is -0.334 e. The van der Waals surface area contributed by atoms with Crippen molar-refractivity contribution in [1.82, 2.24) is 0 Å². The van der Waals surface area contributed by atoms with Crippen LogP contribution < -0.4 is 15.3 Å². The maximum Gasteiger partial charge on any atom is 0.114 e. The largest absolute Gasteiger partial charge is 0.334 e. The molecule has 0 fully saturated rings. The highest BCUT2D eigenvalue weighted by molar-refractivity contribution is 8.00. The summed E-state index contributed by atoms with van der Waals surface area (Å²) < 4.78 is 0. The number of thioether (sulfide) groups is 1. The molecule has 0 bridgehead atoms. The van der Waals surface area contributed by atoms with Gasteiger partial charge in [-0.2, -0.15) is 0 Å². The third-order valence-corrected chi connectivity index (χ3v) is 16.7. The minimum atomic E-state index is -0.864. The lowest BCUT2D eigenvalue weighted by Crippen LogP contribution is -2.34. The molecular weight excluding hydrogens is 679 g/mol. The Labute approximate surface area is 316 Å². The molecule has 6 aliphatic rings. The Kier molecular flexibility index (Phi) is 8.08. The number of hydrogen-bond acceptors (Lipinski definition) is 2. The number of allylic oxidation sites excluding steroid dienone is 13. The van der Waals surface area contributed by atoms with Crippen LogP contribution in [0.3, 0.4) is 0 Å². The van der Waals surface area contributed by atoms with Crippen LogP contribution in [0.25, 0.3) is 22.3 Å². The summed E-state index contributed by atoms with van der Waals surface area (Å²) in [5.41, 5.74) is 13.7. The molecule has 4 heteroatoms. The summed E-state index contributed by atoms with van der Waals surface area (Å²) in [7, 11) is -0.114. The molecule has 2 aliphatic heterocycles. The Morgan fingerprint density at radius 2 is 1.60 bits per heavy atom. The number of rotatable bonds is 6. The molecule has 3 radical (unpaired) electrons. The van der Waals surface area contributed by atoms with Gasteiger partial charge in [-0.3, -0.25) is 0 Å². The van der Waals surface area contributed by atoms with E-state index in [-0.39, 0.29) is 6.04 Å². The highest BCUT2D eigenvalue weighted by Gasteiger charge is 2.40. The van der Waals surface area contributed by atoms with Gasteiger partial charge < -0.3 is 4.90 Å². The summed E-state index contributed by atoms with van der Waals surface area (Å²) in [6.07, 6.45) is 30.2. The molecule has 52 heavy (non-hydrogen) atoms. The molecule has 0 saturated carbocycles. The molecular formula is C48H40NSSi2. The van der Waals surface area contributed by atoms with Crippen LogP contribution in [0.5, 0.6) is 0 Å². The molecule has 0 saturated heterocycles. The van der Waals surface area contributed by atoms with E-state index in [1.807, 2.05) is 0 Å². The van der Waals surface area contributed by atoms with Gasteiger partial charge in [0.2, 0.25) is 0 Å². The Bertz CT molecular complexity index is 2380. The molecule has 10 rings (SSSR count). The zero-order valence-corrected chi connectivity index (χ0v) is 32.4. The molecule has 4 aromatic rings. The van der Waals surface area contributed by atoms with Gasteiger partial charge in [0.25, 0.3) is 0 Å². The van der Waals surface area contributed by atoms with Gasteiger partial charge in [-0.25, -0.2) is 0 Å². The second-order valence-corrected chi connectivity index (χ2v) is 19.2. The van der Waals surface area contributed by atoms with Crippen LogP contribution in [-0.2, 0) is 0 Å². The number of hydrogen-bond donors (Lipinski definition) is 0. The van der Waals surface area contributed by atoms with Gasteiger partial charge >= 0.3 is 0 Å². The van der Waals surface area contributed by atoms with Crippen molar-refractivity contribution < 1.29 is 0 Å². The summed E-state index contributed by atoms with van der Waals surface area (Å²) in [5.74, 6) is 0.988. The van der Waals surface area contributed by atoms with Gasteiger partial charge in [-0.1, -0.05) is 157 Å². The van der Waals surface area contributed by atoms with E-state index in [1.165, 1.54) is 60.4 Å². The Morgan fingerprint density at radius 1 is 0.788 bits per heavy atom. The zero-order valence-electron chi connectivity index (χ0n) is 29.6. The molecule has 0 amide bonds. The smallest absolute Gasteiger partial charge is 0.114 e. The summed E-state index contributed by atoms with van der Waals surface area (Å²) in [4.78, 5) is 4.17. The van der Waals surface area contributed by atoms with Crippen LogP contribution in [0.4, 0.5) is 11.4 Å². The molecule has 2 heterocycles. The van der Waals surface area contributed by atoms with Crippen LogP contribution >= 0.6 is 11.8 Å².